The number of nitrogens with zero attached hydrogens (tertiary/aromatic N) is 2. The van der Waals surface area contributed by atoms with Gasteiger partial charge in [0.25, 0.3) is 0 Å². The van der Waals surface area contributed by atoms with Crippen LogP contribution in [0.5, 0.6) is 0 Å². The first-order valence-corrected chi connectivity index (χ1v) is 8.38. The fraction of sp³-hybridized carbons (Fsp3) is 0.0625. The zero-order valence-electron chi connectivity index (χ0n) is 12.4. The fourth-order valence-corrected chi connectivity index (χ4v) is 3.61. The van der Waals surface area contributed by atoms with E-state index in [1.807, 2.05) is 6.07 Å². The smallest absolute Gasteiger partial charge is 0.306 e. The fourth-order valence-electron chi connectivity index (χ4n) is 2.16. The van der Waals surface area contributed by atoms with Gasteiger partial charge in [-0.25, -0.2) is 9.78 Å². The average Bonchev–Trinajstić information content (AvgIpc) is 2.91. The molecule has 0 saturated heterocycles. The molecule has 0 aliphatic rings. The maximum atomic E-state index is 12.2. The Morgan fingerprint density at radius 2 is 2.04 bits per heavy atom. The molecular weight excluding hydrogens is 367 g/mol. The maximum absolute atomic E-state index is 12.2. The van der Waals surface area contributed by atoms with Crippen LogP contribution in [-0.4, -0.2) is 11.0 Å². The van der Waals surface area contributed by atoms with E-state index in [1.54, 1.807) is 31.2 Å². The van der Waals surface area contributed by atoms with Gasteiger partial charge in [0, 0.05) is 5.02 Å². The normalized spacial score (nSPS) is 10.4. The largest absolute Gasteiger partial charge is 0.325 e. The van der Waals surface area contributed by atoms with Gasteiger partial charge >= 0.3 is 6.03 Å². The van der Waals surface area contributed by atoms with Crippen LogP contribution in [-0.2, 0) is 0 Å². The monoisotopic (exact) mass is 376 g/mol. The van der Waals surface area contributed by atoms with Crippen LogP contribution in [0.2, 0.25) is 10.0 Å². The van der Waals surface area contributed by atoms with Gasteiger partial charge < -0.3 is 5.32 Å². The zero-order chi connectivity index (χ0) is 17.3. The number of halogens is 2. The molecule has 3 aromatic rings. The molecule has 1 aromatic heterocycles. The summed E-state index contributed by atoms with van der Waals surface area (Å²) in [5.41, 5.74) is 2.35. The van der Waals surface area contributed by atoms with E-state index in [2.05, 4.69) is 15.6 Å². The van der Waals surface area contributed by atoms with Crippen molar-refractivity contribution in [1.29, 1.82) is 5.26 Å². The molecule has 0 bridgehead atoms. The molecular formula is C16H10Cl2N4OS. The molecule has 2 aromatic carbocycles. The van der Waals surface area contributed by atoms with Crippen molar-refractivity contribution in [3.05, 3.63) is 51.5 Å². The number of nitriles is 1. The summed E-state index contributed by atoms with van der Waals surface area (Å²) in [5.74, 6) is 0. The van der Waals surface area contributed by atoms with Crippen molar-refractivity contribution in [2.75, 3.05) is 10.6 Å². The van der Waals surface area contributed by atoms with Crippen LogP contribution in [0.4, 0.5) is 15.6 Å². The summed E-state index contributed by atoms with van der Waals surface area (Å²) in [7, 11) is 0. The molecule has 5 nitrogen and oxygen atoms in total. The molecule has 0 unspecified atom stereocenters. The standard InChI is InChI=1S/C16H10Cl2N4OS/c1-8-4-9(7-19)5-11(18)14(8)21-15(23)22-16-20-12-3-2-10(17)6-13(12)24-16/h2-6H,1H3,(H2,20,21,22,23). The van der Waals surface area contributed by atoms with Gasteiger partial charge in [0.05, 0.1) is 32.6 Å². The molecule has 0 radical (unpaired) electrons. The van der Waals surface area contributed by atoms with Crippen molar-refractivity contribution in [3.8, 4) is 6.07 Å². The van der Waals surface area contributed by atoms with Crippen LogP contribution < -0.4 is 10.6 Å². The highest BCUT2D eigenvalue weighted by Gasteiger charge is 2.12. The molecule has 0 saturated carbocycles. The van der Waals surface area contributed by atoms with Gasteiger partial charge in [0.15, 0.2) is 5.13 Å². The predicted molar refractivity (Wildman–Crippen MR) is 98.2 cm³/mol. The van der Waals surface area contributed by atoms with Gasteiger partial charge in [0.1, 0.15) is 0 Å². The molecule has 0 aliphatic carbocycles. The van der Waals surface area contributed by atoms with E-state index >= 15 is 0 Å². The summed E-state index contributed by atoms with van der Waals surface area (Å²) in [4.78, 5) is 16.5. The maximum Gasteiger partial charge on any atom is 0.325 e. The predicted octanol–water partition coefficient (Wildman–Crippen LogP) is 5.43. The first-order valence-electron chi connectivity index (χ1n) is 6.80. The third-order valence-electron chi connectivity index (χ3n) is 3.23. The van der Waals surface area contributed by atoms with Gasteiger partial charge in [-0.1, -0.05) is 34.5 Å². The Morgan fingerprint density at radius 3 is 2.75 bits per heavy atom. The van der Waals surface area contributed by atoms with Gasteiger partial charge in [-0.3, -0.25) is 5.32 Å². The topological polar surface area (TPSA) is 77.8 Å². The van der Waals surface area contributed by atoms with Gasteiger partial charge in [-0.15, -0.1) is 0 Å². The van der Waals surface area contributed by atoms with E-state index in [4.69, 9.17) is 28.5 Å². The number of aryl methyl sites for hydroxylation is 1. The minimum atomic E-state index is -0.463. The number of carbonyl (C=O) groups excluding carboxylic acids is 1. The van der Waals surface area contributed by atoms with E-state index in [0.717, 1.165) is 10.2 Å². The quantitative estimate of drug-likeness (QED) is 0.625. The van der Waals surface area contributed by atoms with E-state index in [9.17, 15) is 4.79 Å². The Bertz CT molecular complexity index is 970. The average molecular weight is 377 g/mol. The highest BCUT2D eigenvalue weighted by molar-refractivity contribution is 7.22. The molecule has 0 fully saturated rings. The van der Waals surface area contributed by atoms with E-state index in [1.165, 1.54) is 17.4 Å². The lowest BCUT2D eigenvalue weighted by Crippen LogP contribution is -2.20. The summed E-state index contributed by atoms with van der Waals surface area (Å²) in [5, 5.41) is 15.6. The summed E-state index contributed by atoms with van der Waals surface area (Å²) < 4.78 is 0.880. The van der Waals surface area contributed by atoms with Crippen molar-refractivity contribution in [2.24, 2.45) is 0 Å². The number of fused-ring (bicyclic) bond motifs is 1. The van der Waals surface area contributed by atoms with Crippen LogP contribution in [0.15, 0.2) is 30.3 Å². The Labute approximate surface area is 151 Å². The SMILES string of the molecule is Cc1cc(C#N)cc(Cl)c1NC(=O)Nc1nc2ccc(Cl)cc2s1. The highest BCUT2D eigenvalue weighted by atomic mass is 35.5. The number of hydrogen-bond acceptors (Lipinski definition) is 4. The van der Waals surface area contributed by atoms with E-state index < -0.39 is 6.03 Å². The van der Waals surface area contributed by atoms with Crippen LogP contribution in [0, 0.1) is 18.3 Å². The highest BCUT2D eigenvalue weighted by Crippen LogP contribution is 2.30. The second-order valence-electron chi connectivity index (χ2n) is 4.97. The third-order valence-corrected chi connectivity index (χ3v) is 4.69. The molecule has 8 heteroatoms. The molecule has 24 heavy (non-hydrogen) atoms. The molecule has 0 spiro atoms. The number of carbonyl (C=O) groups is 1. The number of anilines is 2. The zero-order valence-corrected chi connectivity index (χ0v) is 14.7. The van der Waals surface area contributed by atoms with Gasteiger partial charge in [-0.2, -0.15) is 5.26 Å². The number of nitrogens with one attached hydrogen (secondary N) is 2. The van der Waals surface area contributed by atoms with Crippen LogP contribution in [0.3, 0.4) is 0 Å². The lowest BCUT2D eigenvalue weighted by atomic mass is 10.1. The van der Waals surface area contributed by atoms with Gasteiger partial charge in [0.2, 0.25) is 0 Å². The first-order chi connectivity index (χ1) is 11.5. The Kier molecular flexibility index (Phi) is 4.58. The van der Waals surface area contributed by atoms with Crippen LogP contribution >= 0.6 is 34.5 Å². The van der Waals surface area contributed by atoms with Gasteiger partial charge in [-0.05, 0) is 42.8 Å². The Hall–Kier alpha value is -2.33. The van der Waals surface area contributed by atoms with Crippen LogP contribution in [0.25, 0.3) is 10.2 Å². The number of amides is 2. The third kappa shape index (κ3) is 3.44. The number of benzene rings is 2. The Balaban J connectivity index is 1.79. The molecule has 120 valence electrons. The lowest BCUT2D eigenvalue weighted by Gasteiger charge is -2.10. The molecule has 0 atom stereocenters. The van der Waals surface area contributed by atoms with E-state index in [-0.39, 0.29) is 0 Å². The van der Waals surface area contributed by atoms with E-state index in [0.29, 0.717) is 32.0 Å². The number of hydrogen-bond donors (Lipinski definition) is 2. The van der Waals surface area contributed by atoms with Crippen molar-refractivity contribution >= 4 is 61.6 Å². The summed E-state index contributed by atoms with van der Waals surface area (Å²) in [6, 6.07) is 10.0. The molecule has 2 amide bonds. The second kappa shape index (κ2) is 6.65. The van der Waals surface area contributed by atoms with Crippen molar-refractivity contribution in [2.45, 2.75) is 6.92 Å². The molecule has 2 N–H and O–H groups in total. The number of urea groups is 1. The number of rotatable bonds is 2. The molecule has 0 aliphatic heterocycles. The minimum absolute atomic E-state index is 0.304. The second-order valence-corrected chi connectivity index (χ2v) is 6.85. The van der Waals surface area contributed by atoms with Crippen molar-refractivity contribution < 1.29 is 4.79 Å². The molecule has 1 heterocycles. The van der Waals surface area contributed by atoms with Crippen molar-refractivity contribution in [3.63, 3.8) is 0 Å². The summed E-state index contributed by atoms with van der Waals surface area (Å²) in [6.07, 6.45) is 0. The summed E-state index contributed by atoms with van der Waals surface area (Å²) >= 11 is 13.4. The first kappa shape index (κ1) is 16.5. The van der Waals surface area contributed by atoms with Crippen molar-refractivity contribution in [1.82, 2.24) is 4.98 Å². The number of aromatic nitrogens is 1. The van der Waals surface area contributed by atoms with Crippen LogP contribution in [0.1, 0.15) is 11.1 Å². The number of thiazole rings is 1. The minimum Gasteiger partial charge on any atom is -0.306 e. The Morgan fingerprint density at radius 1 is 1.25 bits per heavy atom. The summed E-state index contributed by atoms with van der Waals surface area (Å²) in [6.45, 7) is 1.77. The molecule has 3 rings (SSSR count). The lowest BCUT2D eigenvalue weighted by molar-refractivity contribution is 0.262.